The smallest absolute Gasteiger partial charge is 0.387 e. The average molecular weight is 416 g/mol. The summed E-state index contributed by atoms with van der Waals surface area (Å²) in [6, 6.07) is 14.0. The molecule has 7 heteroatoms. The Bertz CT molecular complexity index is 888. The van der Waals surface area contributed by atoms with Crippen molar-refractivity contribution < 1.29 is 23.1 Å². The van der Waals surface area contributed by atoms with E-state index in [9.17, 15) is 18.4 Å². The lowest BCUT2D eigenvalue weighted by molar-refractivity contribution is -0.126. The quantitative estimate of drug-likeness (QED) is 0.747. The van der Waals surface area contributed by atoms with Crippen molar-refractivity contribution in [1.29, 1.82) is 0 Å². The number of nitrogens with zero attached hydrogens (tertiary/aromatic N) is 1. The molecule has 2 aromatic rings. The largest absolute Gasteiger partial charge is 0.434 e. The van der Waals surface area contributed by atoms with Gasteiger partial charge in [-0.05, 0) is 49.4 Å². The monoisotopic (exact) mass is 416 g/mol. The fraction of sp³-hybridized carbons (Fsp3) is 0.391. The number of nitrogens with one attached hydrogen (secondary N) is 1. The Hall–Kier alpha value is -2.96. The van der Waals surface area contributed by atoms with Crippen molar-refractivity contribution in [2.75, 3.05) is 19.6 Å². The molecule has 1 unspecified atom stereocenters. The molecule has 2 aromatic carbocycles. The molecule has 1 saturated heterocycles. The van der Waals surface area contributed by atoms with Crippen molar-refractivity contribution in [3.05, 3.63) is 65.2 Å². The molecule has 1 aliphatic rings. The van der Waals surface area contributed by atoms with Crippen LogP contribution in [0, 0.1) is 12.8 Å². The molecule has 5 nitrogen and oxygen atoms in total. The van der Waals surface area contributed by atoms with E-state index in [0.717, 1.165) is 6.42 Å². The molecule has 1 fully saturated rings. The first kappa shape index (κ1) is 21.7. The maximum Gasteiger partial charge on any atom is 0.387 e. The van der Waals surface area contributed by atoms with Crippen LogP contribution in [0.4, 0.5) is 8.78 Å². The fourth-order valence-electron chi connectivity index (χ4n) is 3.74. The Balaban J connectivity index is 1.58. The van der Waals surface area contributed by atoms with Gasteiger partial charge in [-0.2, -0.15) is 8.78 Å². The highest BCUT2D eigenvalue weighted by molar-refractivity contribution is 5.97. The van der Waals surface area contributed by atoms with Gasteiger partial charge in [-0.3, -0.25) is 9.59 Å². The van der Waals surface area contributed by atoms with Gasteiger partial charge in [-0.25, -0.2) is 0 Å². The summed E-state index contributed by atoms with van der Waals surface area (Å²) in [7, 11) is 0. The van der Waals surface area contributed by atoms with E-state index in [0.29, 0.717) is 25.9 Å². The van der Waals surface area contributed by atoms with Gasteiger partial charge in [0.05, 0.1) is 11.5 Å². The van der Waals surface area contributed by atoms with E-state index in [2.05, 4.69) is 10.1 Å². The average Bonchev–Trinajstić information content (AvgIpc) is 2.74. The summed E-state index contributed by atoms with van der Waals surface area (Å²) in [5.41, 5.74) is 2.46. The number of benzene rings is 2. The maximum atomic E-state index is 12.9. The molecular weight excluding hydrogens is 390 g/mol. The van der Waals surface area contributed by atoms with Crippen LogP contribution in [0.25, 0.3) is 0 Å². The van der Waals surface area contributed by atoms with E-state index in [1.807, 2.05) is 31.2 Å². The van der Waals surface area contributed by atoms with E-state index in [1.165, 1.54) is 29.3 Å². The van der Waals surface area contributed by atoms with Gasteiger partial charge in [0.2, 0.25) is 5.91 Å². The number of ether oxygens (including phenoxy) is 1. The summed E-state index contributed by atoms with van der Waals surface area (Å²) >= 11 is 0. The molecule has 0 bridgehead atoms. The Morgan fingerprint density at radius 1 is 1.17 bits per heavy atom. The Labute approximate surface area is 175 Å². The van der Waals surface area contributed by atoms with Crippen LogP contribution in [0.5, 0.6) is 5.75 Å². The molecule has 0 spiro atoms. The van der Waals surface area contributed by atoms with Crippen LogP contribution in [0.3, 0.4) is 0 Å². The Morgan fingerprint density at radius 3 is 2.67 bits per heavy atom. The standard InChI is InChI=1S/C23H26F2N2O3/c1-16-7-2-3-8-17(16)12-13-26-21(28)18-9-6-14-27(15-18)22(29)19-10-4-5-11-20(19)30-23(24)25/h2-5,7-8,10-11,18,23H,6,9,12-15H2,1H3,(H,26,28). The van der Waals surface area contributed by atoms with E-state index >= 15 is 0 Å². The highest BCUT2D eigenvalue weighted by Gasteiger charge is 2.30. The molecule has 1 aliphatic heterocycles. The van der Waals surface area contributed by atoms with Gasteiger partial charge in [0.1, 0.15) is 5.75 Å². The Kier molecular flexibility index (Phi) is 7.38. The summed E-state index contributed by atoms with van der Waals surface area (Å²) < 4.78 is 29.8. The number of carbonyl (C=O) groups is 2. The number of aryl methyl sites for hydroxylation is 1. The first-order valence-electron chi connectivity index (χ1n) is 10.1. The molecule has 2 amide bonds. The third-order valence-electron chi connectivity index (χ3n) is 5.37. The van der Waals surface area contributed by atoms with E-state index < -0.39 is 12.5 Å². The number of para-hydroxylation sites is 1. The molecule has 0 radical (unpaired) electrons. The molecular formula is C23H26F2N2O3. The van der Waals surface area contributed by atoms with Gasteiger partial charge in [0, 0.05) is 19.6 Å². The summed E-state index contributed by atoms with van der Waals surface area (Å²) in [5, 5.41) is 2.96. The van der Waals surface area contributed by atoms with E-state index in [1.54, 1.807) is 11.0 Å². The predicted octanol–water partition coefficient (Wildman–Crippen LogP) is 3.81. The highest BCUT2D eigenvalue weighted by atomic mass is 19.3. The predicted molar refractivity (Wildman–Crippen MR) is 110 cm³/mol. The number of hydrogen-bond donors (Lipinski definition) is 1. The molecule has 1 heterocycles. The van der Waals surface area contributed by atoms with E-state index in [-0.39, 0.29) is 29.7 Å². The SMILES string of the molecule is Cc1ccccc1CCNC(=O)C1CCCN(C(=O)c2ccccc2OC(F)F)C1. The molecule has 30 heavy (non-hydrogen) atoms. The second-order valence-corrected chi connectivity index (χ2v) is 7.43. The second kappa shape index (κ2) is 10.2. The zero-order chi connectivity index (χ0) is 21.5. The van der Waals surface area contributed by atoms with Crippen LogP contribution < -0.4 is 10.1 Å². The van der Waals surface area contributed by atoms with Crippen LogP contribution in [-0.4, -0.2) is 43.0 Å². The molecule has 160 valence electrons. The minimum Gasteiger partial charge on any atom is -0.434 e. The van der Waals surface area contributed by atoms with Crippen molar-refractivity contribution in [2.24, 2.45) is 5.92 Å². The summed E-state index contributed by atoms with van der Waals surface area (Å²) in [6.07, 6.45) is 2.11. The number of amides is 2. The van der Waals surface area contributed by atoms with Crippen LogP contribution in [0.15, 0.2) is 48.5 Å². The zero-order valence-corrected chi connectivity index (χ0v) is 16.9. The topological polar surface area (TPSA) is 58.6 Å². The molecule has 0 saturated carbocycles. The first-order chi connectivity index (χ1) is 14.5. The van der Waals surface area contributed by atoms with Crippen molar-refractivity contribution in [3.8, 4) is 5.75 Å². The highest BCUT2D eigenvalue weighted by Crippen LogP contribution is 2.25. The third kappa shape index (κ3) is 5.55. The number of halogens is 2. The molecule has 0 aromatic heterocycles. The van der Waals surface area contributed by atoms with Crippen LogP contribution in [0.2, 0.25) is 0 Å². The molecule has 1 atom stereocenters. The lowest BCUT2D eigenvalue weighted by Gasteiger charge is -2.32. The normalized spacial score (nSPS) is 16.4. The molecule has 3 rings (SSSR count). The summed E-state index contributed by atoms with van der Waals surface area (Å²) in [5.74, 6) is -0.952. The van der Waals surface area contributed by atoms with Gasteiger partial charge in [0.15, 0.2) is 0 Å². The third-order valence-corrected chi connectivity index (χ3v) is 5.37. The van der Waals surface area contributed by atoms with Crippen molar-refractivity contribution in [2.45, 2.75) is 32.8 Å². The van der Waals surface area contributed by atoms with Crippen LogP contribution in [0.1, 0.15) is 34.3 Å². The van der Waals surface area contributed by atoms with E-state index in [4.69, 9.17) is 0 Å². The minimum absolute atomic E-state index is 0.0819. The molecule has 0 aliphatic carbocycles. The number of alkyl halides is 2. The molecule has 1 N–H and O–H groups in total. The number of likely N-dealkylation sites (tertiary alicyclic amines) is 1. The summed E-state index contributed by atoms with van der Waals surface area (Å²) in [4.78, 5) is 27.0. The fourth-order valence-corrected chi connectivity index (χ4v) is 3.74. The lowest BCUT2D eigenvalue weighted by atomic mass is 9.96. The zero-order valence-electron chi connectivity index (χ0n) is 16.9. The van der Waals surface area contributed by atoms with Gasteiger partial charge in [0.25, 0.3) is 5.91 Å². The van der Waals surface area contributed by atoms with Gasteiger partial charge in [-0.15, -0.1) is 0 Å². The number of carbonyl (C=O) groups excluding carboxylic acids is 2. The maximum absolute atomic E-state index is 12.9. The van der Waals surface area contributed by atoms with Crippen LogP contribution >= 0.6 is 0 Å². The van der Waals surface area contributed by atoms with Crippen LogP contribution in [-0.2, 0) is 11.2 Å². The summed E-state index contributed by atoms with van der Waals surface area (Å²) in [6.45, 7) is 0.302. The van der Waals surface area contributed by atoms with Crippen molar-refractivity contribution in [3.63, 3.8) is 0 Å². The van der Waals surface area contributed by atoms with Crippen molar-refractivity contribution >= 4 is 11.8 Å². The lowest BCUT2D eigenvalue weighted by Crippen LogP contribution is -2.45. The minimum atomic E-state index is -3.01. The second-order valence-electron chi connectivity index (χ2n) is 7.43. The van der Waals surface area contributed by atoms with Crippen molar-refractivity contribution in [1.82, 2.24) is 10.2 Å². The number of hydrogen-bond acceptors (Lipinski definition) is 3. The Morgan fingerprint density at radius 2 is 1.90 bits per heavy atom. The van der Waals surface area contributed by atoms with Gasteiger partial charge >= 0.3 is 6.61 Å². The number of rotatable bonds is 7. The first-order valence-corrected chi connectivity index (χ1v) is 10.1. The number of piperidine rings is 1. The van der Waals surface area contributed by atoms with Gasteiger partial charge in [-0.1, -0.05) is 36.4 Å². The van der Waals surface area contributed by atoms with Gasteiger partial charge < -0.3 is 15.0 Å².